The van der Waals surface area contributed by atoms with Gasteiger partial charge in [0.25, 0.3) is 0 Å². The van der Waals surface area contributed by atoms with Crippen LogP contribution in [0, 0.1) is 5.92 Å². The van der Waals surface area contributed by atoms with E-state index in [0.717, 1.165) is 56.1 Å². The van der Waals surface area contributed by atoms with Crippen LogP contribution in [0.4, 0.5) is 8.78 Å². The van der Waals surface area contributed by atoms with Crippen molar-refractivity contribution in [3.63, 3.8) is 0 Å². The topological polar surface area (TPSA) is 34.1 Å². The predicted molar refractivity (Wildman–Crippen MR) is 165 cm³/mol. The first kappa shape index (κ1) is 31.8. The lowest BCUT2D eigenvalue weighted by Crippen LogP contribution is -2.53. The van der Waals surface area contributed by atoms with Crippen molar-refractivity contribution < 1.29 is 8.78 Å². The number of rotatable bonds is 14. The SMILES string of the molecule is C=N/C=C\C(CCC)(c1ccc(C(=C)N(C)CCN2CNC2)c(Cl)c1)N(C)/C=C(\C)C1=C(F)C(F)C(CC)C=C1. The summed E-state index contributed by atoms with van der Waals surface area (Å²) in [5.41, 5.74) is 2.98. The number of aliphatic imine (C=N–C) groups is 1. The number of likely N-dealkylation sites (N-methyl/N-ethyl adjacent to an activating group) is 2. The van der Waals surface area contributed by atoms with Crippen molar-refractivity contribution >= 4 is 24.0 Å². The fourth-order valence-corrected chi connectivity index (χ4v) is 5.62. The van der Waals surface area contributed by atoms with Gasteiger partial charge in [0.15, 0.2) is 6.17 Å². The van der Waals surface area contributed by atoms with E-state index in [0.29, 0.717) is 22.6 Å². The van der Waals surface area contributed by atoms with E-state index in [2.05, 4.69) is 46.4 Å². The molecule has 3 atom stereocenters. The second kappa shape index (κ2) is 14.2. The summed E-state index contributed by atoms with van der Waals surface area (Å²) >= 11 is 6.89. The van der Waals surface area contributed by atoms with Gasteiger partial charge in [-0.1, -0.05) is 62.7 Å². The molecule has 1 aliphatic carbocycles. The molecule has 1 aromatic carbocycles. The van der Waals surface area contributed by atoms with E-state index in [9.17, 15) is 4.39 Å². The van der Waals surface area contributed by atoms with Gasteiger partial charge in [-0.15, -0.1) is 0 Å². The Morgan fingerprint density at radius 1 is 1.30 bits per heavy atom. The summed E-state index contributed by atoms with van der Waals surface area (Å²) in [4.78, 5) is 10.5. The Kier molecular flexibility index (Phi) is 11.3. The zero-order chi connectivity index (χ0) is 29.4. The number of halogens is 3. The number of hydrogen-bond acceptors (Lipinski definition) is 5. The van der Waals surface area contributed by atoms with Gasteiger partial charge in [-0.25, -0.2) is 8.78 Å². The van der Waals surface area contributed by atoms with Crippen LogP contribution in [0.25, 0.3) is 5.70 Å². The monoisotopic (exact) mass is 571 g/mol. The fraction of sp³-hybridized carbons (Fsp3) is 0.469. The number of benzene rings is 1. The molecular formula is C32H44ClF2N5. The molecule has 0 bridgehead atoms. The van der Waals surface area contributed by atoms with Crippen LogP contribution in [0.3, 0.4) is 0 Å². The number of hydrogen-bond donors (Lipinski definition) is 1. The predicted octanol–water partition coefficient (Wildman–Crippen LogP) is 7.27. The molecule has 1 aromatic rings. The molecule has 1 aliphatic heterocycles. The third-order valence-corrected chi connectivity index (χ3v) is 8.36. The molecule has 0 spiro atoms. The second-order valence-corrected chi connectivity index (χ2v) is 11.1. The van der Waals surface area contributed by atoms with Crippen LogP contribution in [0.1, 0.15) is 51.2 Å². The Labute approximate surface area is 244 Å². The highest BCUT2D eigenvalue weighted by molar-refractivity contribution is 6.32. The molecule has 40 heavy (non-hydrogen) atoms. The van der Waals surface area contributed by atoms with Crippen LogP contribution in [0.5, 0.6) is 0 Å². The van der Waals surface area contributed by atoms with Crippen molar-refractivity contribution in [1.29, 1.82) is 0 Å². The minimum Gasteiger partial charge on any atom is -0.373 e. The average Bonchev–Trinajstić information content (AvgIpc) is 2.91. The van der Waals surface area contributed by atoms with E-state index in [1.807, 2.05) is 57.3 Å². The van der Waals surface area contributed by atoms with Crippen LogP contribution >= 0.6 is 11.6 Å². The van der Waals surface area contributed by atoms with Gasteiger partial charge < -0.3 is 9.80 Å². The van der Waals surface area contributed by atoms with Crippen LogP contribution in [0.2, 0.25) is 5.02 Å². The summed E-state index contributed by atoms with van der Waals surface area (Å²) in [6.45, 7) is 17.3. The van der Waals surface area contributed by atoms with Gasteiger partial charge in [0.2, 0.25) is 0 Å². The van der Waals surface area contributed by atoms with Crippen LogP contribution in [0.15, 0.2) is 77.4 Å². The maximum Gasteiger partial charge on any atom is 0.158 e. The molecule has 1 fully saturated rings. The second-order valence-electron chi connectivity index (χ2n) is 10.7. The van der Waals surface area contributed by atoms with E-state index in [-0.39, 0.29) is 0 Å². The minimum atomic E-state index is -1.62. The van der Waals surface area contributed by atoms with Crippen molar-refractivity contribution in [2.24, 2.45) is 10.9 Å². The van der Waals surface area contributed by atoms with Gasteiger partial charge in [0.05, 0.1) is 23.9 Å². The lowest BCUT2D eigenvalue weighted by Gasteiger charge is -2.41. The highest BCUT2D eigenvalue weighted by atomic mass is 35.5. The summed E-state index contributed by atoms with van der Waals surface area (Å²) in [5, 5.41) is 3.85. The zero-order valence-corrected chi connectivity index (χ0v) is 25.3. The minimum absolute atomic E-state index is 0.294. The van der Waals surface area contributed by atoms with E-state index >= 15 is 4.39 Å². The molecule has 1 heterocycles. The summed E-state index contributed by atoms with van der Waals surface area (Å²) < 4.78 is 29.7. The Balaban J connectivity index is 1.96. The largest absolute Gasteiger partial charge is 0.373 e. The quantitative estimate of drug-likeness (QED) is 0.238. The van der Waals surface area contributed by atoms with Gasteiger partial charge >= 0.3 is 0 Å². The van der Waals surface area contributed by atoms with Crippen LogP contribution in [-0.2, 0) is 5.54 Å². The van der Waals surface area contributed by atoms with Crippen molar-refractivity contribution in [3.8, 4) is 0 Å². The average molecular weight is 572 g/mol. The maximum absolute atomic E-state index is 15.0. The van der Waals surface area contributed by atoms with Crippen molar-refractivity contribution in [2.45, 2.75) is 51.7 Å². The molecule has 0 saturated carbocycles. The highest BCUT2D eigenvalue weighted by Gasteiger charge is 2.34. The Morgan fingerprint density at radius 2 is 2.02 bits per heavy atom. The maximum atomic E-state index is 15.0. The zero-order valence-electron chi connectivity index (χ0n) is 24.6. The molecule has 8 heteroatoms. The van der Waals surface area contributed by atoms with Crippen molar-refractivity contribution in [3.05, 3.63) is 88.5 Å². The summed E-state index contributed by atoms with van der Waals surface area (Å²) in [7, 11) is 3.97. The van der Waals surface area contributed by atoms with E-state index in [4.69, 9.17) is 11.6 Å². The van der Waals surface area contributed by atoms with Gasteiger partial charge in [-0.2, -0.15) is 0 Å². The molecule has 3 rings (SSSR count). The summed E-state index contributed by atoms with van der Waals surface area (Å²) in [5.74, 6) is -1.14. The lowest BCUT2D eigenvalue weighted by atomic mass is 9.83. The first-order valence-electron chi connectivity index (χ1n) is 14.0. The molecule has 0 radical (unpaired) electrons. The summed E-state index contributed by atoms with van der Waals surface area (Å²) in [6, 6.07) is 6.05. The van der Waals surface area contributed by atoms with Gasteiger partial charge in [0.1, 0.15) is 5.83 Å². The summed E-state index contributed by atoms with van der Waals surface area (Å²) in [6.07, 6.45) is 9.55. The number of nitrogens with zero attached hydrogens (tertiary/aromatic N) is 4. The van der Waals surface area contributed by atoms with Gasteiger partial charge in [0, 0.05) is 62.3 Å². The molecular weight excluding hydrogens is 528 g/mol. The first-order chi connectivity index (χ1) is 19.1. The molecule has 218 valence electrons. The fourth-order valence-electron chi connectivity index (χ4n) is 5.33. The number of allylic oxidation sites excluding steroid dienone is 5. The smallest absolute Gasteiger partial charge is 0.158 e. The number of nitrogens with one attached hydrogen (secondary N) is 1. The third-order valence-electron chi connectivity index (χ3n) is 8.05. The van der Waals surface area contributed by atoms with E-state index in [1.54, 1.807) is 18.4 Å². The van der Waals surface area contributed by atoms with Crippen molar-refractivity contribution in [1.82, 2.24) is 20.0 Å². The van der Waals surface area contributed by atoms with Gasteiger partial charge in [-0.3, -0.25) is 15.2 Å². The molecule has 1 N–H and O–H groups in total. The molecule has 2 aliphatic rings. The van der Waals surface area contributed by atoms with E-state index in [1.165, 1.54) is 0 Å². The Morgan fingerprint density at radius 3 is 2.60 bits per heavy atom. The molecule has 0 amide bonds. The van der Waals surface area contributed by atoms with Crippen molar-refractivity contribution in [2.75, 3.05) is 40.5 Å². The third kappa shape index (κ3) is 6.93. The molecule has 5 nitrogen and oxygen atoms in total. The molecule has 0 aromatic heterocycles. The standard InChI is InChI=1S/C32H44ClF2N5/c1-8-14-32(15-16-36-5,39(7)20-23(3)27-12-10-25(9-2)30(34)31(27)35)26-11-13-28(29(33)19-26)24(4)38(6)17-18-40-21-37-22-40/h10-13,15-16,19-20,25,30,37H,4-5,8-9,14,17-18,21-22H2,1-3,6-7H3/b16-15-,23-20+. The van der Waals surface area contributed by atoms with Crippen LogP contribution < -0.4 is 5.32 Å². The molecule has 3 unspecified atom stereocenters. The van der Waals surface area contributed by atoms with Crippen LogP contribution in [-0.4, -0.2) is 68.1 Å². The Bertz CT molecular complexity index is 1190. The highest BCUT2D eigenvalue weighted by Crippen LogP contribution is 2.39. The normalized spacial score (nSPS) is 21.4. The Hall–Kier alpha value is -2.74. The van der Waals surface area contributed by atoms with E-state index < -0.39 is 23.5 Å². The first-order valence-corrected chi connectivity index (χ1v) is 14.4. The lowest BCUT2D eigenvalue weighted by molar-refractivity contribution is 0.131. The number of alkyl halides is 1. The van der Waals surface area contributed by atoms with Gasteiger partial charge in [-0.05, 0) is 49.8 Å². The molecule has 1 saturated heterocycles.